The van der Waals surface area contributed by atoms with Crippen LogP contribution in [0.5, 0.6) is 0 Å². The summed E-state index contributed by atoms with van der Waals surface area (Å²) in [4.78, 5) is 4.58. The van der Waals surface area contributed by atoms with Gasteiger partial charge in [-0.2, -0.15) is 0 Å². The number of para-hydroxylation sites is 2. The fourth-order valence-electron chi connectivity index (χ4n) is 5.88. The summed E-state index contributed by atoms with van der Waals surface area (Å²) in [6.07, 6.45) is 2.21. The first kappa shape index (κ1) is 24.1. The minimum absolute atomic E-state index is 1.06. The van der Waals surface area contributed by atoms with Crippen molar-refractivity contribution in [2.75, 3.05) is 0 Å². The van der Waals surface area contributed by atoms with E-state index in [1.54, 1.807) is 0 Å². The number of rotatable bonds is 0. The number of benzene rings is 6. The highest BCUT2D eigenvalue weighted by Gasteiger charge is 2.16. The molecule has 9 rings (SSSR count). The maximum absolute atomic E-state index is 4.58. The predicted molar refractivity (Wildman–Crippen MR) is 169 cm³/mol. The smallest absolute Gasteiger partial charge is 0.0709 e. The molecule has 190 valence electrons. The maximum Gasteiger partial charge on any atom is 0.0709 e. The number of pyridine rings is 1. The van der Waals surface area contributed by atoms with Crippen LogP contribution in [0.4, 0.5) is 0 Å². The molecule has 0 amide bonds. The van der Waals surface area contributed by atoms with Crippen molar-refractivity contribution in [3.63, 3.8) is 0 Å². The fraction of sp³-hybridized carbons (Fsp3) is 0.0513. The molecule has 0 N–H and O–H groups in total. The van der Waals surface area contributed by atoms with E-state index in [0.29, 0.717) is 0 Å². The lowest BCUT2D eigenvalue weighted by Gasteiger charge is -1.99. The van der Waals surface area contributed by atoms with E-state index in [1.165, 1.54) is 55.3 Å². The number of hydrogen-bond donors (Lipinski definition) is 0. The monoisotopic (exact) mass is 511 g/mol. The van der Waals surface area contributed by atoms with Crippen LogP contribution < -0.4 is 0 Å². The van der Waals surface area contributed by atoms with Crippen molar-refractivity contribution in [2.24, 2.45) is 0 Å². The third-order valence-electron chi connectivity index (χ3n) is 7.84. The molecule has 0 saturated heterocycles. The van der Waals surface area contributed by atoms with Gasteiger partial charge in [0.05, 0.1) is 11.0 Å². The van der Waals surface area contributed by atoms with Gasteiger partial charge in [-0.25, -0.2) is 4.98 Å². The van der Waals surface area contributed by atoms with Crippen LogP contribution in [-0.2, 0) is 12.8 Å². The van der Waals surface area contributed by atoms with Gasteiger partial charge in [0.15, 0.2) is 0 Å². The SMILES string of the molecule is c1ccc2c(c1)Cc1ccccc1-2.c1ccc2c(c1)Cc1ccccc1-2.c1ccc2nc3ccccc3cc2c1. The molecule has 0 atom stereocenters. The molecule has 1 heterocycles. The van der Waals surface area contributed by atoms with E-state index in [4.69, 9.17) is 0 Å². The molecule has 1 aromatic heterocycles. The summed E-state index contributed by atoms with van der Waals surface area (Å²) >= 11 is 0. The molecule has 1 nitrogen and oxygen atoms in total. The highest BCUT2D eigenvalue weighted by molar-refractivity contribution is 5.92. The minimum Gasteiger partial charge on any atom is -0.248 e. The second-order valence-corrected chi connectivity index (χ2v) is 10.4. The lowest BCUT2D eigenvalue weighted by atomic mass is 10.1. The average Bonchev–Trinajstić information content (AvgIpc) is 3.59. The molecule has 7 aromatic rings. The van der Waals surface area contributed by atoms with Crippen LogP contribution in [0.1, 0.15) is 22.3 Å². The standard InChI is InChI=1S/C13H9N.2C13H10/c1-3-7-12-10(5-1)9-11-6-2-4-8-13(11)14-12;2*1-3-7-12-10(5-1)9-11-6-2-4-8-13(11)12/h1-9H;2*1-8H,9H2. The molecular formula is C39H29N. The Balaban J connectivity index is 0.0000000993. The van der Waals surface area contributed by atoms with E-state index in [0.717, 1.165) is 23.9 Å². The van der Waals surface area contributed by atoms with Crippen LogP contribution in [-0.4, -0.2) is 4.98 Å². The second-order valence-electron chi connectivity index (χ2n) is 10.4. The van der Waals surface area contributed by atoms with E-state index >= 15 is 0 Å². The summed E-state index contributed by atoms with van der Waals surface area (Å²) < 4.78 is 0. The Morgan fingerprint density at radius 1 is 0.325 bits per heavy atom. The molecule has 0 bridgehead atoms. The van der Waals surface area contributed by atoms with Crippen LogP contribution in [0.15, 0.2) is 152 Å². The van der Waals surface area contributed by atoms with Crippen molar-refractivity contribution in [1.82, 2.24) is 4.98 Å². The topological polar surface area (TPSA) is 12.9 Å². The number of fused-ring (bicyclic) bond motifs is 8. The van der Waals surface area contributed by atoms with E-state index in [-0.39, 0.29) is 0 Å². The first-order valence-corrected chi connectivity index (χ1v) is 13.9. The normalized spacial score (nSPS) is 11.8. The second kappa shape index (κ2) is 10.6. The highest BCUT2D eigenvalue weighted by atomic mass is 14.7. The van der Waals surface area contributed by atoms with E-state index in [9.17, 15) is 0 Å². The zero-order valence-electron chi connectivity index (χ0n) is 22.3. The Bertz CT molecular complexity index is 1690. The van der Waals surface area contributed by atoms with Crippen molar-refractivity contribution in [3.8, 4) is 22.3 Å². The van der Waals surface area contributed by atoms with Crippen molar-refractivity contribution in [2.45, 2.75) is 12.8 Å². The van der Waals surface area contributed by atoms with Crippen LogP contribution in [0.2, 0.25) is 0 Å². The van der Waals surface area contributed by atoms with E-state index in [2.05, 4.69) is 120 Å². The Morgan fingerprint density at radius 3 is 1.00 bits per heavy atom. The third-order valence-corrected chi connectivity index (χ3v) is 7.84. The zero-order valence-corrected chi connectivity index (χ0v) is 22.3. The van der Waals surface area contributed by atoms with Gasteiger partial charge in [0.25, 0.3) is 0 Å². The third kappa shape index (κ3) is 4.67. The van der Waals surface area contributed by atoms with Crippen LogP contribution in [0.25, 0.3) is 44.1 Å². The summed E-state index contributed by atoms with van der Waals surface area (Å²) in [6, 6.07) is 53.2. The van der Waals surface area contributed by atoms with Gasteiger partial charge in [-0.15, -0.1) is 0 Å². The van der Waals surface area contributed by atoms with Crippen LogP contribution in [0.3, 0.4) is 0 Å². The quantitative estimate of drug-likeness (QED) is 0.185. The summed E-state index contributed by atoms with van der Waals surface area (Å²) in [5, 5.41) is 2.40. The maximum atomic E-state index is 4.58. The van der Waals surface area contributed by atoms with Crippen molar-refractivity contribution >= 4 is 21.8 Å². The van der Waals surface area contributed by atoms with E-state index in [1.807, 2.05) is 36.4 Å². The Kier molecular flexibility index (Phi) is 6.39. The molecule has 0 radical (unpaired) electrons. The summed E-state index contributed by atoms with van der Waals surface area (Å²) in [7, 11) is 0. The minimum atomic E-state index is 1.06. The summed E-state index contributed by atoms with van der Waals surface area (Å²) in [6.45, 7) is 0. The Morgan fingerprint density at radius 2 is 0.625 bits per heavy atom. The van der Waals surface area contributed by atoms with Gasteiger partial charge in [-0.3, -0.25) is 0 Å². The van der Waals surface area contributed by atoms with Gasteiger partial charge < -0.3 is 0 Å². The lowest BCUT2D eigenvalue weighted by Crippen LogP contribution is -1.80. The number of nitrogens with zero attached hydrogens (tertiary/aromatic N) is 1. The van der Waals surface area contributed by atoms with Gasteiger partial charge in [-0.1, -0.05) is 133 Å². The van der Waals surface area contributed by atoms with Gasteiger partial charge >= 0.3 is 0 Å². The van der Waals surface area contributed by atoms with Crippen molar-refractivity contribution in [3.05, 3.63) is 174 Å². The largest absolute Gasteiger partial charge is 0.248 e. The van der Waals surface area contributed by atoms with Crippen molar-refractivity contribution in [1.29, 1.82) is 0 Å². The van der Waals surface area contributed by atoms with Crippen LogP contribution in [0, 0.1) is 0 Å². The van der Waals surface area contributed by atoms with Gasteiger partial charge in [0.2, 0.25) is 0 Å². The molecule has 0 fully saturated rings. The first-order valence-electron chi connectivity index (χ1n) is 13.9. The average molecular weight is 512 g/mol. The molecule has 0 aliphatic heterocycles. The Hall–Kier alpha value is -5.01. The number of hydrogen-bond acceptors (Lipinski definition) is 1. The molecule has 0 unspecified atom stereocenters. The molecule has 1 heteroatoms. The summed E-state index contributed by atoms with van der Waals surface area (Å²) in [5.74, 6) is 0. The van der Waals surface area contributed by atoms with E-state index < -0.39 is 0 Å². The molecule has 6 aromatic carbocycles. The lowest BCUT2D eigenvalue weighted by molar-refractivity contribution is 1.26. The van der Waals surface area contributed by atoms with Gasteiger partial charge in [0.1, 0.15) is 0 Å². The predicted octanol–water partition coefficient (Wildman–Crippen LogP) is 9.90. The number of aromatic nitrogens is 1. The first-order chi connectivity index (χ1) is 19.8. The van der Waals surface area contributed by atoms with Crippen molar-refractivity contribution < 1.29 is 0 Å². The molecule has 0 spiro atoms. The molecular weight excluding hydrogens is 482 g/mol. The molecule has 2 aliphatic rings. The molecule has 0 saturated carbocycles. The van der Waals surface area contributed by atoms with Gasteiger partial charge in [0, 0.05) is 10.8 Å². The molecule has 40 heavy (non-hydrogen) atoms. The zero-order chi connectivity index (χ0) is 26.7. The Labute approximate surface area is 235 Å². The molecule has 2 aliphatic carbocycles. The highest BCUT2D eigenvalue weighted by Crippen LogP contribution is 2.36. The fourth-order valence-corrected chi connectivity index (χ4v) is 5.88. The van der Waals surface area contributed by atoms with Gasteiger partial charge in [-0.05, 0) is 75.5 Å². The van der Waals surface area contributed by atoms with Crippen LogP contribution >= 0.6 is 0 Å². The summed E-state index contributed by atoms with van der Waals surface area (Å²) in [5.41, 5.74) is 13.6.